The van der Waals surface area contributed by atoms with Gasteiger partial charge in [-0.15, -0.1) is 0 Å². The number of aromatic nitrogens is 1. The number of nitrogens with one attached hydrogen (secondary N) is 2. The molecule has 1 aromatic heterocycles. The number of carbonyl (C=O) groups is 1. The van der Waals surface area contributed by atoms with Crippen molar-refractivity contribution in [2.24, 2.45) is 0 Å². The van der Waals surface area contributed by atoms with E-state index < -0.39 is 0 Å². The van der Waals surface area contributed by atoms with Crippen molar-refractivity contribution in [1.82, 2.24) is 15.6 Å². The Morgan fingerprint density at radius 2 is 1.86 bits per heavy atom. The second-order valence-electron chi connectivity index (χ2n) is 5.45. The van der Waals surface area contributed by atoms with Crippen molar-refractivity contribution in [3.05, 3.63) is 30.1 Å². The van der Waals surface area contributed by atoms with Crippen molar-refractivity contribution in [1.29, 1.82) is 0 Å². The zero-order chi connectivity index (χ0) is 14.8. The molecular weight excluding hydrogens is 266 g/mol. The van der Waals surface area contributed by atoms with Crippen LogP contribution in [0, 0.1) is 0 Å². The molecule has 1 fully saturated rings. The minimum absolute atomic E-state index is 0.156. The van der Waals surface area contributed by atoms with Gasteiger partial charge in [-0.25, -0.2) is 4.79 Å². The van der Waals surface area contributed by atoms with Crippen LogP contribution >= 0.6 is 0 Å². The van der Waals surface area contributed by atoms with Gasteiger partial charge < -0.3 is 15.4 Å². The molecule has 116 valence electrons. The Morgan fingerprint density at radius 3 is 2.57 bits per heavy atom. The van der Waals surface area contributed by atoms with Gasteiger partial charge in [0.2, 0.25) is 0 Å². The highest BCUT2D eigenvalue weighted by Crippen LogP contribution is 2.19. The summed E-state index contributed by atoms with van der Waals surface area (Å²) in [4.78, 5) is 15.6. The van der Waals surface area contributed by atoms with Gasteiger partial charge in [0.15, 0.2) is 0 Å². The molecule has 1 heterocycles. The van der Waals surface area contributed by atoms with E-state index in [-0.39, 0.29) is 6.03 Å². The molecule has 0 spiro atoms. The largest absolute Gasteiger partial charge is 0.376 e. The molecule has 2 N–H and O–H groups in total. The van der Waals surface area contributed by atoms with E-state index in [1.54, 1.807) is 12.4 Å². The summed E-state index contributed by atoms with van der Waals surface area (Å²) in [5, 5.41) is 5.63. The maximum atomic E-state index is 11.6. The number of amides is 2. The Labute approximate surface area is 126 Å². The molecular formula is C16H25N3O2. The standard InChI is InChI=1S/C16H25N3O2/c20-16(19-13-14-7-9-17-10-8-14)18-11-12-21-15-5-3-1-2-4-6-15/h7-10,15H,1-6,11-13H2,(H2,18,19,20). The lowest BCUT2D eigenvalue weighted by Crippen LogP contribution is -2.37. The molecule has 21 heavy (non-hydrogen) atoms. The minimum atomic E-state index is -0.156. The van der Waals surface area contributed by atoms with Crippen LogP contribution in [0.1, 0.15) is 44.1 Å². The Bertz CT molecular complexity index is 403. The van der Waals surface area contributed by atoms with Gasteiger partial charge in [0.05, 0.1) is 12.7 Å². The number of pyridine rings is 1. The summed E-state index contributed by atoms with van der Waals surface area (Å²) in [5.41, 5.74) is 1.04. The van der Waals surface area contributed by atoms with E-state index in [0.717, 1.165) is 18.4 Å². The smallest absolute Gasteiger partial charge is 0.315 e. The van der Waals surface area contributed by atoms with Gasteiger partial charge in [-0.1, -0.05) is 25.7 Å². The number of hydrogen-bond acceptors (Lipinski definition) is 3. The molecule has 2 rings (SSSR count). The van der Waals surface area contributed by atoms with Crippen LogP contribution in [0.2, 0.25) is 0 Å². The van der Waals surface area contributed by atoms with E-state index >= 15 is 0 Å². The predicted molar refractivity (Wildman–Crippen MR) is 81.9 cm³/mol. The first-order chi connectivity index (χ1) is 10.3. The van der Waals surface area contributed by atoms with Crippen LogP contribution in [0.3, 0.4) is 0 Å². The van der Waals surface area contributed by atoms with E-state index in [4.69, 9.17) is 4.74 Å². The monoisotopic (exact) mass is 291 g/mol. The Morgan fingerprint density at radius 1 is 1.14 bits per heavy atom. The van der Waals surface area contributed by atoms with E-state index in [0.29, 0.717) is 25.8 Å². The lowest BCUT2D eigenvalue weighted by molar-refractivity contribution is 0.0460. The molecule has 5 nitrogen and oxygen atoms in total. The second-order valence-corrected chi connectivity index (χ2v) is 5.45. The van der Waals surface area contributed by atoms with Crippen molar-refractivity contribution in [3.63, 3.8) is 0 Å². The fourth-order valence-electron chi connectivity index (χ4n) is 2.54. The third-order valence-corrected chi connectivity index (χ3v) is 3.75. The molecule has 2 amide bonds. The van der Waals surface area contributed by atoms with Crippen LogP contribution < -0.4 is 10.6 Å². The lowest BCUT2D eigenvalue weighted by Gasteiger charge is -2.15. The van der Waals surface area contributed by atoms with Gasteiger partial charge in [0.25, 0.3) is 0 Å². The van der Waals surface area contributed by atoms with Crippen molar-refractivity contribution < 1.29 is 9.53 Å². The van der Waals surface area contributed by atoms with Gasteiger partial charge in [0.1, 0.15) is 0 Å². The number of rotatable bonds is 6. The van der Waals surface area contributed by atoms with Gasteiger partial charge in [-0.05, 0) is 30.5 Å². The molecule has 1 aromatic rings. The second kappa shape index (κ2) is 9.34. The molecule has 0 aliphatic heterocycles. The zero-order valence-corrected chi connectivity index (χ0v) is 12.5. The van der Waals surface area contributed by atoms with Crippen molar-refractivity contribution >= 4 is 6.03 Å². The number of carbonyl (C=O) groups excluding carboxylic acids is 1. The van der Waals surface area contributed by atoms with Crippen LogP contribution in [0.25, 0.3) is 0 Å². The average molecular weight is 291 g/mol. The van der Waals surface area contributed by atoms with Crippen LogP contribution in [-0.2, 0) is 11.3 Å². The van der Waals surface area contributed by atoms with Crippen LogP contribution in [0.4, 0.5) is 4.79 Å². The van der Waals surface area contributed by atoms with E-state index in [9.17, 15) is 4.79 Å². The molecule has 0 aromatic carbocycles. The van der Waals surface area contributed by atoms with Gasteiger partial charge in [-0.2, -0.15) is 0 Å². The minimum Gasteiger partial charge on any atom is -0.376 e. The SMILES string of the molecule is O=C(NCCOC1CCCCCC1)NCc1ccncc1. The third kappa shape index (κ3) is 6.58. The maximum absolute atomic E-state index is 11.6. The highest BCUT2D eigenvalue weighted by molar-refractivity contribution is 5.73. The normalized spacial score (nSPS) is 16.2. The van der Waals surface area contributed by atoms with E-state index in [1.807, 2.05) is 12.1 Å². The molecule has 0 atom stereocenters. The van der Waals surface area contributed by atoms with Crippen molar-refractivity contribution in [3.8, 4) is 0 Å². The van der Waals surface area contributed by atoms with Gasteiger partial charge >= 0.3 is 6.03 Å². The lowest BCUT2D eigenvalue weighted by atomic mass is 10.1. The summed E-state index contributed by atoms with van der Waals surface area (Å²) >= 11 is 0. The van der Waals surface area contributed by atoms with E-state index in [1.165, 1.54) is 25.7 Å². The molecule has 1 saturated carbocycles. The fraction of sp³-hybridized carbons (Fsp3) is 0.625. The van der Waals surface area contributed by atoms with Gasteiger partial charge in [0, 0.05) is 25.5 Å². The summed E-state index contributed by atoms with van der Waals surface area (Å²) < 4.78 is 5.83. The first kappa shape index (κ1) is 15.8. The van der Waals surface area contributed by atoms with Crippen LogP contribution in [0.15, 0.2) is 24.5 Å². The van der Waals surface area contributed by atoms with Gasteiger partial charge in [-0.3, -0.25) is 4.98 Å². The number of hydrogen-bond donors (Lipinski definition) is 2. The molecule has 0 saturated heterocycles. The highest BCUT2D eigenvalue weighted by Gasteiger charge is 2.12. The number of nitrogens with zero attached hydrogens (tertiary/aromatic N) is 1. The van der Waals surface area contributed by atoms with E-state index in [2.05, 4.69) is 15.6 Å². The molecule has 0 bridgehead atoms. The Kier molecular flexibility index (Phi) is 7.01. The predicted octanol–water partition coefficient (Wildman–Crippen LogP) is 2.62. The number of ether oxygens (including phenoxy) is 1. The Balaban J connectivity index is 1.52. The highest BCUT2D eigenvalue weighted by atomic mass is 16.5. The average Bonchev–Trinajstić information content (AvgIpc) is 2.79. The quantitative estimate of drug-likeness (QED) is 0.625. The molecule has 0 radical (unpaired) electrons. The van der Waals surface area contributed by atoms with Crippen LogP contribution in [0.5, 0.6) is 0 Å². The summed E-state index contributed by atoms with van der Waals surface area (Å²) in [7, 11) is 0. The first-order valence-corrected chi connectivity index (χ1v) is 7.87. The summed E-state index contributed by atoms with van der Waals surface area (Å²) in [6.07, 6.45) is 11.3. The first-order valence-electron chi connectivity index (χ1n) is 7.87. The summed E-state index contributed by atoms with van der Waals surface area (Å²) in [5.74, 6) is 0. The summed E-state index contributed by atoms with van der Waals surface area (Å²) in [6, 6.07) is 3.61. The van der Waals surface area contributed by atoms with Crippen LogP contribution in [-0.4, -0.2) is 30.3 Å². The molecule has 5 heteroatoms. The molecule has 1 aliphatic rings. The topological polar surface area (TPSA) is 63.2 Å². The Hall–Kier alpha value is -1.62. The van der Waals surface area contributed by atoms with Crippen molar-refractivity contribution in [2.45, 2.75) is 51.2 Å². The fourth-order valence-corrected chi connectivity index (χ4v) is 2.54. The summed E-state index contributed by atoms with van der Waals surface area (Å²) in [6.45, 7) is 1.66. The zero-order valence-electron chi connectivity index (χ0n) is 12.5. The number of urea groups is 1. The molecule has 1 aliphatic carbocycles. The van der Waals surface area contributed by atoms with Crippen molar-refractivity contribution in [2.75, 3.05) is 13.2 Å². The third-order valence-electron chi connectivity index (χ3n) is 3.75. The maximum Gasteiger partial charge on any atom is 0.315 e. The molecule has 0 unspecified atom stereocenters.